The summed E-state index contributed by atoms with van der Waals surface area (Å²) in [6, 6.07) is 15.2. The average Bonchev–Trinajstić information content (AvgIpc) is 4.21. The highest BCUT2D eigenvalue weighted by atomic mass is 16.5. The summed E-state index contributed by atoms with van der Waals surface area (Å²) in [5, 5.41) is 21.5. The van der Waals surface area contributed by atoms with Crippen LogP contribution in [-0.2, 0) is 45.7 Å². The first-order valence-electron chi connectivity index (χ1n) is 22.1. The molecular weight excluding hydrogens is 869 g/mol. The van der Waals surface area contributed by atoms with Crippen LogP contribution < -0.4 is 31.1 Å². The van der Waals surface area contributed by atoms with Crippen LogP contribution in [0.3, 0.4) is 0 Å². The quantitative estimate of drug-likeness (QED) is 0.100. The van der Waals surface area contributed by atoms with Gasteiger partial charge in [-0.15, -0.1) is 0 Å². The van der Waals surface area contributed by atoms with Gasteiger partial charge in [0, 0.05) is 76.2 Å². The van der Waals surface area contributed by atoms with E-state index < -0.39 is 0 Å². The van der Waals surface area contributed by atoms with E-state index in [2.05, 4.69) is 52.8 Å². The van der Waals surface area contributed by atoms with Crippen molar-refractivity contribution in [1.29, 1.82) is 0 Å². The minimum absolute atomic E-state index is 0.271. The number of carbonyl (C=O) groups excluding carboxylic acids is 2. The molecular formula is C46H48N18O4. The number of morpholine rings is 2. The number of imidazole rings is 2. The van der Waals surface area contributed by atoms with Crippen molar-refractivity contribution in [2.24, 2.45) is 7.05 Å². The fourth-order valence-corrected chi connectivity index (χ4v) is 7.80. The Balaban J connectivity index is 0.793. The minimum atomic E-state index is -0.278. The summed E-state index contributed by atoms with van der Waals surface area (Å²) >= 11 is 0. The monoisotopic (exact) mass is 916 g/mol. The molecule has 4 N–H and O–H groups in total. The van der Waals surface area contributed by atoms with Gasteiger partial charge in [0.15, 0.2) is 34.0 Å². The third-order valence-electron chi connectivity index (χ3n) is 11.3. The molecule has 2 fully saturated rings. The number of fused-ring (bicyclic) bond motifs is 2. The van der Waals surface area contributed by atoms with Crippen molar-refractivity contribution in [3.63, 3.8) is 0 Å². The summed E-state index contributed by atoms with van der Waals surface area (Å²) in [5.74, 6) is 1.78. The van der Waals surface area contributed by atoms with E-state index >= 15 is 0 Å². The van der Waals surface area contributed by atoms with Crippen LogP contribution >= 0.6 is 0 Å². The van der Waals surface area contributed by atoms with Gasteiger partial charge in [-0.25, -0.2) is 9.97 Å². The SMILES string of the molecule is C=CC(=O)Nc1ccc(CNc2nc(N3CCOCC3)nc3c2ncn3-c2cnn(C/C=C/C(=O)Nc3cccc(CNc4nc(N5CCOCC5)nc5c4ncn5-c4cnn(C)c4)c3)c2)cc1. The van der Waals surface area contributed by atoms with Crippen LogP contribution in [0.1, 0.15) is 11.1 Å². The number of ether oxygens (including phenoxy) is 2. The summed E-state index contributed by atoms with van der Waals surface area (Å²) in [7, 11) is 1.87. The molecule has 0 aliphatic carbocycles. The first-order valence-corrected chi connectivity index (χ1v) is 22.1. The van der Waals surface area contributed by atoms with Crippen LogP contribution in [0, 0.1) is 0 Å². The number of rotatable bonds is 16. The molecule has 0 unspecified atom stereocenters. The smallest absolute Gasteiger partial charge is 0.248 e. The Morgan fingerprint density at radius 3 is 1.88 bits per heavy atom. The molecule has 68 heavy (non-hydrogen) atoms. The minimum Gasteiger partial charge on any atom is -0.378 e. The second-order valence-corrected chi connectivity index (χ2v) is 16.0. The lowest BCUT2D eigenvalue weighted by Gasteiger charge is -2.27. The zero-order valence-electron chi connectivity index (χ0n) is 37.2. The highest BCUT2D eigenvalue weighted by Crippen LogP contribution is 2.28. The molecule has 0 saturated carbocycles. The lowest BCUT2D eigenvalue weighted by Crippen LogP contribution is -2.37. The van der Waals surface area contributed by atoms with E-state index in [4.69, 9.17) is 34.4 Å². The molecule has 6 aromatic heterocycles. The van der Waals surface area contributed by atoms with E-state index in [1.165, 1.54) is 12.2 Å². The van der Waals surface area contributed by atoms with Gasteiger partial charge in [0.1, 0.15) is 12.7 Å². The van der Waals surface area contributed by atoms with E-state index in [-0.39, 0.29) is 11.8 Å². The normalized spacial score (nSPS) is 14.2. The third kappa shape index (κ3) is 9.71. The van der Waals surface area contributed by atoms with Crippen molar-refractivity contribution in [2.75, 3.05) is 83.7 Å². The fourth-order valence-electron chi connectivity index (χ4n) is 7.80. The Morgan fingerprint density at radius 2 is 1.28 bits per heavy atom. The summed E-state index contributed by atoms with van der Waals surface area (Å²) in [6.07, 6.45) is 15.2. The van der Waals surface area contributed by atoms with Gasteiger partial charge in [0.25, 0.3) is 0 Å². The van der Waals surface area contributed by atoms with Crippen molar-refractivity contribution in [3.8, 4) is 11.4 Å². The number of aromatic nitrogens is 12. The molecule has 2 aliphatic heterocycles. The Bertz CT molecular complexity index is 3120. The van der Waals surface area contributed by atoms with E-state index in [1.807, 2.05) is 77.1 Å². The molecule has 22 nitrogen and oxygen atoms in total. The first-order chi connectivity index (χ1) is 33.3. The highest BCUT2D eigenvalue weighted by molar-refractivity contribution is 5.99. The Labute approximate surface area is 389 Å². The fraction of sp³-hybridized carbons (Fsp3) is 0.261. The topological polar surface area (TPSA) is 230 Å². The van der Waals surface area contributed by atoms with Gasteiger partial charge >= 0.3 is 0 Å². The predicted octanol–water partition coefficient (Wildman–Crippen LogP) is 4.09. The van der Waals surface area contributed by atoms with Crippen LogP contribution in [0.2, 0.25) is 0 Å². The molecule has 0 bridgehead atoms. The van der Waals surface area contributed by atoms with Gasteiger partial charge in [-0.05, 0) is 41.5 Å². The molecule has 2 saturated heterocycles. The van der Waals surface area contributed by atoms with Gasteiger partial charge in [0.2, 0.25) is 23.7 Å². The van der Waals surface area contributed by atoms with Gasteiger partial charge in [0.05, 0.1) is 56.7 Å². The number of carbonyl (C=O) groups is 2. The number of nitrogens with one attached hydrogen (secondary N) is 4. The second-order valence-electron chi connectivity index (χ2n) is 16.0. The average molecular weight is 917 g/mol. The number of hydrogen-bond donors (Lipinski definition) is 4. The van der Waals surface area contributed by atoms with Crippen molar-refractivity contribution in [1.82, 2.24) is 58.6 Å². The first kappa shape index (κ1) is 43.4. The number of aryl methyl sites for hydroxylation is 1. The molecule has 10 rings (SSSR count). The van der Waals surface area contributed by atoms with Crippen molar-refractivity contribution < 1.29 is 19.1 Å². The molecule has 22 heteroatoms. The lowest BCUT2D eigenvalue weighted by atomic mass is 10.2. The number of nitrogens with zero attached hydrogens (tertiary/aromatic N) is 14. The van der Waals surface area contributed by atoms with Gasteiger partial charge < -0.3 is 40.5 Å². The molecule has 2 aliphatic rings. The third-order valence-corrected chi connectivity index (χ3v) is 11.3. The van der Waals surface area contributed by atoms with Gasteiger partial charge in [-0.3, -0.25) is 28.1 Å². The maximum atomic E-state index is 13.1. The van der Waals surface area contributed by atoms with E-state index in [9.17, 15) is 9.59 Å². The largest absolute Gasteiger partial charge is 0.378 e. The number of amides is 2. The second kappa shape index (κ2) is 19.5. The summed E-state index contributed by atoms with van der Waals surface area (Å²) in [5.41, 5.74) is 7.32. The maximum Gasteiger partial charge on any atom is 0.248 e. The van der Waals surface area contributed by atoms with Crippen molar-refractivity contribution in [2.45, 2.75) is 19.6 Å². The van der Waals surface area contributed by atoms with E-state index in [1.54, 1.807) is 40.5 Å². The Morgan fingerprint density at radius 1 is 0.691 bits per heavy atom. The Kier molecular flexibility index (Phi) is 12.5. The van der Waals surface area contributed by atoms with Crippen LogP contribution in [0.4, 0.5) is 34.9 Å². The highest BCUT2D eigenvalue weighted by Gasteiger charge is 2.22. The number of anilines is 6. The molecule has 0 spiro atoms. The van der Waals surface area contributed by atoms with E-state index in [0.717, 1.165) is 22.5 Å². The molecule has 2 aromatic carbocycles. The zero-order chi connectivity index (χ0) is 46.4. The van der Waals surface area contributed by atoms with Crippen molar-refractivity contribution >= 4 is 69.0 Å². The Hall–Kier alpha value is -8.50. The molecule has 346 valence electrons. The van der Waals surface area contributed by atoms with Crippen LogP contribution in [0.25, 0.3) is 33.7 Å². The molecule has 8 heterocycles. The molecule has 0 radical (unpaired) electrons. The summed E-state index contributed by atoms with van der Waals surface area (Å²) < 4.78 is 18.4. The van der Waals surface area contributed by atoms with Crippen LogP contribution in [0.15, 0.2) is 111 Å². The molecule has 8 aromatic rings. The van der Waals surface area contributed by atoms with Crippen LogP contribution in [-0.4, -0.2) is 123 Å². The molecule has 2 amide bonds. The van der Waals surface area contributed by atoms with Crippen molar-refractivity contribution in [3.05, 3.63) is 122 Å². The standard InChI is InChI=1S/C46H48N18O4/c1-3-37(65)53-33-11-9-31(10-12-33)23-47-41-39-44(58-45(55-41)60-14-18-67-19-15-60)64(30-50-39)36-26-52-62(28-36)13-5-8-38(66)54-34-7-4-6-32(22-34)24-48-42-40-43(57-46(56-42)61-16-20-68-21-17-61)63(29-49-40)35-25-51-59(2)27-35/h3-12,22,25-30H,1,13-21,23-24H2,2H3,(H,53,65)(H,54,66)(H,47,55,58)(H,48,56,57)/b8-5+. The van der Waals surface area contributed by atoms with E-state index in [0.29, 0.717) is 129 Å². The predicted molar refractivity (Wildman–Crippen MR) is 256 cm³/mol. The van der Waals surface area contributed by atoms with Crippen LogP contribution in [0.5, 0.6) is 0 Å². The van der Waals surface area contributed by atoms with Gasteiger partial charge in [-0.2, -0.15) is 30.1 Å². The number of allylic oxidation sites excluding steroid dienone is 1. The summed E-state index contributed by atoms with van der Waals surface area (Å²) in [6.45, 7) is 9.76. The summed E-state index contributed by atoms with van der Waals surface area (Å²) in [4.78, 5) is 58.1. The molecule has 0 atom stereocenters. The maximum absolute atomic E-state index is 13.1. The number of benzene rings is 2. The van der Waals surface area contributed by atoms with Gasteiger partial charge in [-0.1, -0.05) is 36.9 Å². The zero-order valence-corrected chi connectivity index (χ0v) is 37.2. The lowest BCUT2D eigenvalue weighted by molar-refractivity contribution is -0.112. The number of hydrogen-bond acceptors (Lipinski definition) is 16.